The molecule has 1 N–H and O–H groups in total. The van der Waals surface area contributed by atoms with Crippen LogP contribution in [0.5, 0.6) is 11.6 Å². The first kappa shape index (κ1) is 15.0. The minimum atomic E-state index is -0.553. The lowest BCUT2D eigenvalue weighted by atomic mass is 10.3. The second-order valence-electron chi connectivity index (χ2n) is 4.16. The van der Waals surface area contributed by atoms with E-state index in [0.717, 1.165) is 0 Å². The normalized spacial score (nSPS) is 10.2. The Morgan fingerprint density at radius 3 is 2.90 bits per heavy atom. The molecule has 0 fully saturated rings. The molecule has 2 rings (SSSR count). The molecule has 21 heavy (non-hydrogen) atoms. The minimum Gasteiger partial charge on any atom is -0.430 e. The molecule has 0 atom stereocenters. The third-order valence-electron chi connectivity index (χ3n) is 2.60. The van der Waals surface area contributed by atoms with Crippen molar-refractivity contribution in [3.8, 4) is 11.6 Å². The van der Waals surface area contributed by atoms with Crippen molar-refractivity contribution < 1.29 is 9.66 Å². The second-order valence-corrected chi connectivity index (χ2v) is 4.57. The summed E-state index contributed by atoms with van der Waals surface area (Å²) in [5, 5.41) is 14.1. The van der Waals surface area contributed by atoms with Crippen molar-refractivity contribution in [3.05, 3.63) is 45.1 Å². The molecular weight excluding hydrogens is 296 g/mol. The van der Waals surface area contributed by atoms with Crippen LogP contribution < -0.4 is 10.1 Å². The summed E-state index contributed by atoms with van der Waals surface area (Å²) in [4.78, 5) is 18.7. The maximum absolute atomic E-state index is 11.0. The molecule has 0 unspecified atom stereocenters. The number of hydrogen-bond acceptors (Lipinski definition) is 6. The Hall–Kier alpha value is -2.41. The zero-order valence-corrected chi connectivity index (χ0v) is 12.2. The lowest BCUT2D eigenvalue weighted by Gasteiger charge is -2.10. The number of anilines is 1. The average molecular weight is 309 g/mol. The van der Waals surface area contributed by atoms with Gasteiger partial charge in [0, 0.05) is 24.4 Å². The number of nitro groups is 1. The van der Waals surface area contributed by atoms with E-state index in [0.29, 0.717) is 18.1 Å². The van der Waals surface area contributed by atoms with Crippen LogP contribution in [0.2, 0.25) is 5.02 Å². The fourth-order valence-corrected chi connectivity index (χ4v) is 1.82. The summed E-state index contributed by atoms with van der Waals surface area (Å²) in [5.41, 5.74) is 0.427. The van der Waals surface area contributed by atoms with E-state index < -0.39 is 4.92 Å². The molecule has 0 spiro atoms. The quantitative estimate of drug-likeness (QED) is 0.670. The van der Waals surface area contributed by atoms with E-state index >= 15 is 0 Å². The lowest BCUT2D eigenvalue weighted by molar-refractivity contribution is -0.385. The predicted octanol–water partition coefficient (Wildman–Crippen LogP) is 3.57. The fraction of sp³-hybridized carbons (Fsp3) is 0.231. The number of rotatable bonds is 5. The molecule has 1 aromatic heterocycles. The fourth-order valence-electron chi connectivity index (χ4n) is 1.61. The smallest absolute Gasteiger partial charge is 0.313 e. The van der Waals surface area contributed by atoms with Crippen molar-refractivity contribution in [2.75, 3.05) is 11.9 Å². The highest BCUT2D eigenvalue weighted by Crippen LogP contribution is 2.38. The predicted molar refractivity (Wildman–Crippen MR) is 79.1 cm³/mol. The SMILES string of the molecule is CCNc1ncc(C)c(Oc2c(Cl)cccc2[N+](=O)[O-])n1. The van der Waals surface area contributed by atoms with Crippen LogP contribution in [-0.2, 0) is 0 Å². The van der Waals surface area contributed by atoms with Gasteiger partial charge in [0.15, 0.2) is 0 Å². The van der Waals surface area contributed by atoms with E-state index in [2.05, 4.69) is 15.3 Å². The zero-order chi connectivity index (χ0) is 15.4. The van der Waals surface area contributed by atoms with E-state index in [1.165, 1.54) is 18.2 Å². The van der Waals surface area contributed by atoms with Crippen LogP contribution in [-0.4, -0.2) is 21.4 Å². The van der Waals surface area contributed by atoms with Gasteiger partial charge in [0.1, 0.15) is 0 Å². The van der Waals surface area contributed by atoms with Gasteiger partial charge >= 0.3 is 5.69 Å². The van der Waals surface area contributed by atoms with E-state index in [9.17, 15) is 10.1 Å². The highest BCUT2D eigenvalue weighted by atomic mass is 35.5. The molecule has 1 aromatic carbocycles. The van der Waals surface area contributed by atoms with Gasteiger partial charge in [-0.15, -0.1) is 0 Å². The average Bonchev–Trinajstić information content (AvgIpc) is 2.44. The molecule has 0 amide bonds. The summed E-state index contributed by atoms with van der Waals surface area (Å²) in [5.74, 6) is 0.568. The van der Waals surface area contributed by atoms with Gasteiger partial charge in [0.05, 0.1) is 9.95 Å². The highest BCUT2D eigenvalue weighted by molar-refractivity contribution is 6.32. The minimum absolute atomic E-state index is 0.0339. The maximum Gasteiger partial charge on any atom is 0.313 e. The number of halogens is 1. The molecule has 0 saturated carbocycles. The van der Waals surface area contributed by atoms with Crippen LogP contribution in [0.3, 0.4) is 0 Å². The first-order valence-corrected chi connectivity index (χ1v) is 6.59. The summed E-state index contributed by atoms with van der Waals surface area (Å²) in [6.45, 7) is 4.30. The second kappa shape index (κ2) is 6.36. The molecule has 8 heteroatoms. The van der Waals surface area contributed by atoms with Gasteiger partial charge in [0.25, 0.3) is 0 Å². The molecule has 0 aliphatic carbocycles. The number of benzene rings is 1. The molecule has 0 saturated heterocycles. The van der Waals surface area contributed by atoms with Gasteiger partial charge in [-0.05, 0) is 19.9 Å². The number of ether oxygens (including phenoxy) is 1. The third-order valence-corrected chi connectivity index (χ3v) is 2.90. The van der Waals surface area contributed by atoms with Crippen molar-refractivity contribution in [1.82, 2.24) is 9.97 Å². The van der Waals surface area contributed by atoms with Gasteiger partial charge in [-0.2, -0.15) is 4.98 Å². The van der Waals surface area contributed by atoms with Crippen molar-refractivity contribution in [2.45, 2.75) is 13.8 Å². The zero-order valence-electron chi connectivity index (χ0n) is 11.5. The van der Waals surface area contributed by atoms with E-state index in [4.69, 9.17) is 16.3 Å². The molecule has 0 bridgehead atoms. The molecule has 110 valence electrons. The van der Waals surface area contributed by atoms with Crippen molar-refractivity contribution in [3.63, 3.8) is 0 Å². The van der Waals surface area contributed by atoms with Crippen LogP contribution in [0.1, 0.15) is 12.5 Å². The Kier molecular flexibility index (Phi) is 4.54. The third kappa shape index (κ3) is 3.38. The van der Waals surface area contributed by atoms with Crippen molar-refractivity contribution in [2.24, 2.45) is 0 Å². The summed E-state index contributed by atoms with van der Waals surface area (Å²) in [7, 11) is 0. The van der Waals surface area contributed by atoms with E-state index in [1.807, 2.05) is 6.92 Å². The summed E-state index contributed by atoms with van der Waals surface area (Å²) in [6, 6.07) is 4.33. The number of nitrogens with zero attached hydrogens (tertiary/aromatic N) is 3. The largest absolute Gasteiger partial charge is 0.430 e. The topological polar surface area (TPSA) is 90.2 Å². The number of aromatic nitrogens is 2. The van der Waals surface area contributed by atoms with Gasteiger partial charge in [0.2, 0.25) is 17.6 Å². The molecule has 0 aliphatic rings. The van der Waals surface area contributed by atoms with E-state index in [1.54, 1.807) is 13.1 Å². The van der Waals surface area contributed by atoms with Gasteiger partial charge in [-0.3, -0.25) is 10.1 Å². The number of hydrogen-bond donors (Lipinski definition) is 1. The molecule has 7 nitrogen and oxygen atoms in total. The maximum atomic E-state index is 11.0. The Bertz CT molecular complexity index is 678. The number of aryl methyl sites for hydroxylation is 1. The molecule has 0 aliphatic heterocycles. The number of nitro benzene ring substituents is 1. The Morgan fingerprint density at radius 2 is 2.24 bits per heavy atom. The first-order chi connectivity index (χ1) is 10.0. The Morgan fingerprint density at radius 1 is 1.48 bits per heavy atom. The monoisotopic (exact) mass is 308 g/mol. The van der Waals surface area contributed by atoms with Gasteiger partial charge in [-0.25, -0.2) is 4.98 Å². The van der Waals surface area contributed by atoms with Crippen LogP contribution in [0.15, 0.2) is 24.4 Å². The van der Waals surface area contributed by atoms with Crippen LogP contribution >= 0.6 is 11.6 Å². The van der Waals surface area contributed by atoms with Crippen molar-refractivity contribution >= 4 is 23.2 Å². The standard InChI is InChI=1S/C13H13ClN4O3/c1-3-15-13-16-7-8(2)12(17-13)21-11-9(14)5-4-6-10(11)18(19)20/h4-7H,3H2,1-2H3,(H,15,16,17). The molecule has 0 radical (unpaired) electrons. The van der Waals surface area contributed by atoms with Crippen molar-refractivity contribution in [1.29, 1.82) is 0 Å². The Labute approximate surface area is 126 Å². The summed E-state index contributed by atoms with van der Waals surface area (Å²) < 4.78 is 5.55. The first-order valence-electron chi connectivity index (χ1n) is 6.21. The summed E-state index contributed by atoms with van der Waals surface area (Å²) in [6.07, 6.45) is 1.57. The highest BCUT2D eigenvalue weighted by Gasteiger charge is 2.20. The van der Waals surface area contributed by atoms with Crippen LogP contribution in [0.25, 0.3) is 0 Å². The molecule has 2 aromatic rings. The van der Waals surface area contributed by atoms with Crippen LogP contribution in [0.4, 0.5) is 11.6 Å². The molecular formula is C13H13ClN4O3. The number of para-hydroxylation sites is 1. The van der Waals surface area contributed by atoms with Gasteiger partial charge in [-0.1, -0.05) is 17.7 Å². The molecule has 1 heterocycles. The lowest BCUT2D eigenvalue weighted by Crippen LogP contribution is -2.04. The number of nitrogens with one attached hydrogen (secondary N) is 1. The Balaban J connectivity index is 2.42. The van der Waals surface area contributed by atoms with Crippen LogP contribution in [0, 0.1) is 17.0 Å². The summed E-state index contributed by atoms with van der Waals surface area (Å²) >= 11 is 5.99. The van der Waals surface area contributed by atoms with Gasteiger partial charge < -0.3 is 10.1 Å². The van der Waals surface area contributed by atoms with E-state index in [-0.39, 0.29) is 22.3 Å².